The molecule has 2 heterocycles. The Balaban J connectivity index is 1.61. The van der Waals surface area contributed by atoms with Crippen LogP contribution in [0.1, 0.15) is 46.5 Å². The van der Waals surface area contributed by atoms with E-state index in [1.54, 1.807) is 21.3 Å². The van der Waals surface area contributed by atoms with Crippen molar-refractivity contribution in [3.8, 4) is 0 Å². The molecule has 9 heteroatoms. The molecule has 0 radical (unpaired) electrons. The number of rotatable bonds is 5. The predicted molar refractivity (Wildman–Crippen MR) is 126 cm³/mol. The molecule has 36 heavy (non-hydrogen) atoms. The second-order valence-electron chi connectivity index (χ2n) is 12.9. The number of esters is 1. The third kappa shape index (κ3) is 2.16. The molecule has 13 atom stereocenters. The standard InChI is InChI=1S/C27H41NO8/c1-7-28-12-23(3)9-8-17(32-5)26-20(23)21(36-14(2)29)27(22(26)28)25(34-13-35-27)11-16(31-4)15-10-24(26,30)19(25)18(15)33-6/h15-22,30H,7-13H2,1-6H3/t15-,16+,17+,18+,19+,20-,21+,22-,23+,24+,25-,26?,27+/m1/s1. The van der Waals surface area contributed by atoms with Crippen LogP contribution in [0, 0.1) is 28.6 Å². The SMILES string of the molecule is CCN1C[C@]2(C)CC[C@H](OC)C34[C@@H]1[C@@]1(OCO[C@@]15C[C@H](OC)[C@H]1C[C@]3(O)[C@@H]5[C@H]1OC)[C@@H](OC(C)=O)[C@@H]42. The van der Waals surface area contributed by atoms with E-state index < -0.39 is 28.3 Å². The lowest BCUT2D eigenvalue weighted by Gasteiger charge is -2.71. The Kier molecular flexibility index (Phi) is 4.87. The molecule has 0 aromatic heterocycles. The molecule has 7 rings (SSSR count). The maximum absolute atomic E-state index is 13.4. The number of carbonyl (C=O) groups is 1. The van der Waals surface area contributed by atoms with Crippen LogP contribution in [0.15, 0.2) is 0 Å². The van der Waals surface area contributed by atoms with Crippen LogP contribution in [0.4, 0.5) is 0 Å². The zero-order valence-electron chi connectivity index (χ0n) is 22.3. The van der Waals surface area contributed by atoms with Gasteiger partial charge in [-0.15, -0.1) is 0 Å². The lowest BCUT2D eigenvalue weighted by molar-refractivity contribution is -0.332. The van der Waals surface area contributed by atoms with Gasteiger partial charge in [-0.25, -0.2) is 0 Å². The molecular weight excluding hydrogens is 466 g/mol. The van der Waals surface area contributed by atoms with Gasteiger partial charge in [-0.05, 0) is 31.2 Å². The first-order chi connectivity index (χ1) is 17.2. The lowest BCUT2D eigenvalue weighted by Crippen LogP contribution is -2.85. The van der Waals surface area contributed by atoms with E-state index in [1.165, 1.54) is 6.92 Å². The molecule has 7 aliphatic rings. The summed E-state index contributed by atoms with van der Waals surface area (Å²) in [6, 6.07) is -0.224. The number of nitrogens with zero attached hydrogens (tertiary/aromatic N) is 1. The van der Waals surface area contributed by atoms with Gasteiger partial charge in [0, 0.05) is 59.0 Å². The molecule has 1 unspecified atom stereocenters. The summed E-state index contributed by atoms with van der Waals surface area (Å²) < 4.78 is 38.7. The largest absolute Gasteiger partial charge is 0.459 e. The summed E-state index contributed by atoms with van der Waals surface area (Å²) in [7, 11) is 5.23. The van der Waals surface area contributed by atoms with Gasteiger partial charge in [0.05, 0.1) is 35.4 Å². The molecule has 0 aromatic rings. The molecule has 9 nitrogen and oxygen atoms in total. The fraction of sp³-hybridized carbons (Fsp3) is 0.963. The predicted octanol–water partition coefficient (Wildman–Crippen LogP) is 1.35. The average Bonchev–Trinajstić information content (AvgIpc) is 3.40. The summed E-state index contributed by atoms with van der Waals surface area (Å²) in [5.41, 5.74) is -3.94. The number of carbonyl (C=O) groups excluding carboxylic acids is 1. The molecule has 7 fully saturated rings. The maximum Gasteiger partial charge on any atom is 0.303 e. The summed E-state index contributed by atoms with van der Waals surface area (Å²) in [4.78, 5) is 15.3. The van der Waals surface area contributed by atoms with Crippen molar-refractivity contribution in [2.45, 2.75) is 93.7 Å². The van der Waals surface area contributed by atoms with Crippen LogP contribution < -0.4 is 0 Å². The number of fused-ring (bicyclic) bond motifs is 1. The van der Waals surface area contributed by atoms with Crippen LogP contribution in [-0.4, -0.2) is 104 Å². The van der Waals surface area contributed by atoms with Crippen LogP contribution >= 0.6 is 0 Å². The number of hydrogen-bond acceptors (Lipinski definition) is 9. The van der Waals surface area contributed by atoms with Crippen molar-refractivity contribution in [1.29, 1.82) is 0 Å². The smallest absolute Gasteiger partial charge is 0.303 e. The summed E-state index contributed by atoms with van der Waals surface area (Å²) in [5, 5.41) is 13.4. The van der Waals surface area contributed by atoms with Gasteiger partial charge in [0.25, 0.3) is 0 Å². The third-order valence-corrected chi connectivity index (χ3v) is 12.2. The van der Waals surface area contributed by atoms with Gasteiger partial charge in [0.15, 0.2) is 5.60 Å². The highest BCUT2D eigenvalue weighted by Crippen LogP contribution is 2.83. The molecule has 0 amide bonds. The lowest BCUT2D eigenvalue weighted by atomic mass is 9.41. The van der Waals surface area contributed by atoms with Crippen LogP contribution in [0.2, 0.25) is 0 Å². The minimum Gasteiger partial charge on any atom is -0.459 e. The summed E-state index contributed by atoms with van der Waals surface area (Å²) in [5.74, 6) is -0.771. The van der Waals surface area contributed by atoms with Gasteiger partial charge in [-0.2, -0.15) is 0 Å². The van der Waals surface area contributed by atoms with Gasteiger partial charge in [-0.3, -0.25) is 9.69 Å². The highest BCUT2D eigenvalue weighted by atomic mass is 16.7. The van der Waals surface area contributed by atoms with Gasteiger partial charge >= 0.3 is 5.97 Å². The first-order valence-corrected chi connectivity index (χ1v) is 13.7. The number of methoxy groups -OCH3 is 3. The number of piperidine rings is 1. The fourth-order valence-electron chi connectivity index (χ4n) is 11.7. The number of aliphatic hydroxyl groups is 1. The van der Waals surface area contributed by atoms with Gasteiger partial charge in [0.1, 0.15) is 18.5 Å². The fourth-order valence-corrected chi connectivity index (χ4v) is 11.7. The molecule has 1 N–H and O–H groups in total. The van der Waals surface area contributed by atoms with Gasteiger partial charge in [0.2, 0.25) is 0 Å². The van der Waals surface area contributed by atoms with Crippen LogP contribution in [0.25, 0.3) is 0 Å². The van der Waals surface area contributed by atoms with Crippen LogP contribution in [0.5, 0.6) is 0 Å². The molecule has 7 bridgehead atoms. The minimum absolute atomic E-state index is 0.0317. The molecule has 3 spiro atoms. The van der Waals surface area contributed by atoms with E-state index in [2.05, 4.69) is 18.7 Å². The average molecular weight is 508 g/mol. The molecule has 2 saturated heterocycles. The quantitative estimate of drug-likeness (QED) is 0.553. The summed E-state index contributed by atoms with van der Waals surface area (Å²) in [6.07, 6.45) is 1.69. The normalized spacial score (nSPS) is 60.2. The van der Waals surface area contributed by atoms with E-state index in [0.29, 0.717) is 12.8 Å². The molecule has 202 valence electrons. The summed E-state index contributed by atoms with van der Waals surface area (Å²) in [6.45, 7) is 7.72. The summed E-state index contributed by atoms with van der Waals surface area (Å²) >= 11 is 0. The van der Waals surface area contributed by atoms with E-state index in [1.807, 2.05) is 0 Å². The Labute approximate surface area is 213 Å². The second-order valence-corrected chi connectivity index (χ2v) is 12.9. The number of ether oxygens (including phenoxy) is 6. The van der Waals surface area contributed by atoms with E-state index in [9.17, 15) is 9.90 Å². The molecule has 0 aromatic carbocycles. The Morgan fingerprint density at radius 1 is 1.11 bits per heavy atom. The Hall–Kier alpha value is -0.810. The van der Waals surface area contributed by atoms with E-state index in [4.69, 9.17) is 28.4 Å². The highest BCUT2D eigenvalue weighted by Gasteiger charge is 2.97. The number of likely N-dealkylation sites (tertiary alicyclic amines) is 1. The molecule has 5 aliphatic carbocycles. The number of likely N-dealkylation sites (N-methyl/N-ethyl adjacent to an activating group) is 1. The van der Waals surface area contributed by atoms with Crippen LogP contribution in [-0.2, 0) is 33.2 Å². The van der Waals surface area contributed by atoms with E-state index >= 15 is 0 Å². The maximum atomic E-state index is 13.4. The van der Waals surface area contributed by atoms with Gasteiger partial charge in [-0.1, -0.05) is 13.8 Å². The number of hydrogen-bond donors (Lipinski definition) is 1. The van der Waals surface area contributed by atoms with Crippen LogP contribution in [0.3, 0.4) is 0 Å². The van der Waals surface area contributed by atoms with Crippen molar-refractivity contribution in [3.63, 3.8) is 0 Å². The van der Waals surface area contributed by atoms with E-state index in [-0.39, 0.29) is 60.3 Å². The Morgan fingerprint density at radius 3 is 2.53 bits per heavy atom. The Bertz CT molecular complexity index is 979. The Morgan fingerprint density at radius 2 is 1.89 bits per heavy atom. The first-order valence-electron chi connectivity index (χ1n) is 13.7. The van der Waals surface area contributed by atoms with Crippen molar-refractivity contribution in [3.05, 3.63) is 0 Å². The minimum atomic E-state index is -1.16. The monoisotopic (exact) mass is 507 g/mol. The molecule has 5 saturated carbocycles. The van der Waals surface area contributed by atoms with E-state index in [0.717, 1.165) is 25.9 Å². The van der Waals surface area contributed by atoms with Gasteiger partial charge < -0.3 is 33.5 Å². The zero-order chi connectivity index (χ0) is 25.5. The van der Waals surface area contributed by atoms with Crippen molar-refractivity contribution in [2.75, 3.05) is 41.2 Å². The second kappa shape index (κ2) is 7.23. The van der Waals surface area contributed by atoms with Crippen molar-refractivity contribution >= 4 is 5.97 Å². The topological polar surface area (TPSA) is 95.9 Å². The third-order valence-electron chi connectivity index (χ3n) is 12.2. The molecule has 2 aliphatic heterocycles. The van der Waals surface area contributed by atoms with Crippen molar-refractivity contribution in [2.24, 2.45) is 28.6 Å². The first kappa shape index (κ1) is 24.2. The van der Waals surface area contributed by atoms with Crippen molar-refractivity contribution < 1.29 is 38.3 Å². The van der Waals surface area contributed by atoms with Crippen molar-refractivity contribution in [1.82, 2.24) is 4.90 Å². The molecular formula is C27H41NO8. The zero-order valence-corrected chi connectivity index (χ0v) is 22.3. The highest BCUT2D eigenvalue weighted by molar-refractivity contribution is 5.67.